The molecule has 0 aliphatic carbocycles. The fraction of sp³-hybridized carbons (Fsp3) is 0. The second kappa shape index (κ2) is 5.61. The lowest BCUT2D eigenvalue weighted by Crippen LogP contribution is -1.96. The molecule has 0 spiro atoms. The molecular weight excluding hydrogens is 403 g/mol. The second-order valence-electron chi connectivity index (χ2n) is 4.36. The summed E-state index contributed by atoms with van der Waals surface area (Å²) in [6, 6.07) is 10.3. The van der Waals surface area contributed by atoms with Crippen LogP contribution in [0.15, 0.2) is 51.5 Å². The molecule has 0 bridgehead atoms. The zero-order chi connectivity index (χ0) is 15.0. The molecule has 3 nitrogen and oxygen atoms in total. The third-order valence-electron chi connectivity index (χ3n) is 2.98. The maximum Gasteiger partial charge on any atom is 0.227 e. The molecule has 0 aliphatic heterocycles. The van der Waals surface area contributed by atoms with Gasteiger partial charge in [-0.3, -0.25) is 0 Å². The lowest BCUT2D eigenvalue weighted by atomic mass is 10.2. The number of ether oxygens (including phenoxy) is 1. The van der Waals surface area contributed by atoms with E-state index in [9.17, 15) is 4.39 Å². The van der Waals surface area contributed by atoms with Crippen molar-refractivity contribution in [2.75, 3.05) is 5.73 Å². The smallest absolute Gasteiger partial charge is 0.227 e. The van der Waals surface area contributed by atoms with Crippen molar-refractivity contribution in [3.63, 3.8) is 0 Å². The van der Waals surface area contributed by atoms with Gasteiger partial charge in [0.2, 0.25) is 5.88 Å². The first-order valence-corrected chi connectivity index (χ1v) is 7.60. The van der Waals surface area contributed by atoms with Crippen LogP contribution < -0.4 is 10.5 Å². The molecule has 3 rings (SSSR count). The van der Waals surface area contributed by atoms with Crippen LogP contribution in [-0.2, 0) is 0 Å². The van der Waals surface area contributed by atoms with Crippen LogP contribution in [0.25, 0.3) is 10.8 Å². The average Bonchev–Trinajstić information content (AvgIpc) is 2.46. The molecule has 106 valence electrons. The fourth-order valence-corrected chi connectivity index (χ4v) is 2.82. The van der Waals surface area contributed by atoms with E-state index in [-0.39, 0.29) is 5.75 Å². The molecule has 0 unspecified atom stereocenters. The number of aromatic nitrogens is 1. The van der Waals surface area contributed by atoms with Gasteiger partial charge in [-0.05, 0) is 40.2 Å². The molecule has 1 aromatic heterocycles. The Bertz CT molecular complexity index is 839. The second-order valence-corrected chi connectivity index (χ2v) is 6.07. The van der Waals surface area contributed by atoms with Crippen molar-refractivity contribution in [2.45, 2.75) is 0 Å². The first-order valence-electron chi connectivity index (χ1n) is 6.02. The number of hydrogen-bond donors (Lipinski definition) is 1. The topological polar surface area (TPSA) is 48.1 Å². The van der Waals surface area contributed by atoms with E-state index < -0.39 is 5.82 Å². The molecule has 0 amide bonds. The number of nitrogen functional groups attached to an aromatic ring is 1. The van der Waals surface area contributed by atoms with Crippen molar-refractivity contribution in [1.29, 1.82) is 0 Å². The molecule has 1 heterocycles. The van der Waals surface area contributed by atoms with Gasteiger partial charge in [0.15, 0.2) is 5.75 Å². The first-order chi connectivity index (χ1) is 10.1. The Kier molecular flexibility index (Phi) is 3.82. The lowest BCUT2D eigenvalue weighted by molar-refractivity contribution is 0.466. The molecule has 2 aromatic carbocycles. The summed E-state index contributed by atoms with van der Waals surface area (Å²) in [5.41, 5.74) is 6.18. The third-order valence-corrected chi connectivity index (χ3v) is 4.27. The predicted octanol–water partition coefficient (Wildman–Crippen LogP) is 5.27. The molecule has 0 aliphatic rings. The molecule has 6 heteroatoms. The van der Waals surface area contributed by atoms with Gasteiger partial charge < -0.3 is 10.5 Å². The van der Waals surface area contributed by atoms with Gasteiger partial charge in [0.1, 0.15) is 5.82 Å². The highest BCUT2D eigenvalue weighted by Gasteiger charge is 2.11. The van der Waals surface area contributed by atoms with Crippen LogP contribution in [-0.4, -0.2) is 4.98 Å². The minimum atomic E-state index is -0.444. The maximum atomic E-state index is 13.6. The van der Waals surface area contributed by atoms with Gasteiger partial charge in [0.25, 0.3) is 0 Å². The van der Waals surface area contributed by atoms with Crippen LogP contribution in [0.3, 0.4) is 0 Å². The van der Waals surface area contributed by atoms with Crippen molar-refractivity contribution >= 4 is 48.3 Å². The van der Waals surface area contributed by atoms with Crippen molar-refractivity contribution in [3.8, 4) is 11.6 Å². The van der Waals surface area contributed by atoms with Gasteiger partial charge >= 0.3 is 0 Å². The summed E-state index contributed by atoms with van der Waals surface area (Å²) < 4.78 is 20.6. The van der Waals surface area contributed by atoms with E-state index in [2.05, 4.69) is 36.8 Å². The van der Waals surface area contributed by atoms with Crippen molar-refractivity contribution < 1.29 is 9.13 Å². The lowest BCUT2D eigenvalue weighted by Gasteiger charge is -2.11. The maximum absolute atomic E-state index is 13.6. The number of anilines is 1. The minimum Gasteiger partial charge on any atom is -0.436 e. The first kappa shape index (κ1) is 14.3. The van der Waals surface area contributed by atoms with E-state index >= 15 is 0 Å². The van der Waals surface area contributed by atoms with Gasteiger partial charge in [-0.15, -0.1) is 0 Å². The largest absolute Gasteiger partial charge is 0.436 e. The molecule has 0 atom stereocenters. The summed E-state index contributed by atoms with van der Waals surface area (Å²) in [7, 11) is 0. The molecule has 21 heavy (non-hydrogen) atoms. The molecule has 0 saturated heterocycles. The molecule has 0 fully saturated rings. The summed E-state index contributed by atoms with van der Waals surface area (Å²) in [4.78, 5) is 4.20. The van der Waals surface area contributed by atoms with E-state index in [0.29, 0.717) is 16.0 Å². The third kappa shape index (κ3) is 2.73. The van der Waals surface area contributed by atoms with Gasteiger partial charge in [0.05, 0.1) is 10.2 Å². The Balaban J connectivity index is 2.11. The quantitative estimate of drug-likeness (QED) is 0.584. The number of rotatable bonds is 2. The number of hydrogen-bond acceptors (Lipinski definition) is 3. The van der Waals surface area contributed by atoms with Crippen molar-refractivity contribution in [3.05, 3.63) is 57.4 Å². The fourth-order valence-electron chi connectivity index (χ4n) is 1.96. The Morgan fingerprint density at radius 2 is 1.86 bits per heavy atom. The number of fused-ring (bicyclic) bond motifs is 1. The Labute approximate surface area is 137 Å². The van der Waals surface area contributed by atoms with Gasteiger partial charge in [-0.1, -0.05) is 22.0 Å². The molecule has 0 radical (unpaired) electrons. The molecule has 3 aromatic rings. The Morgan fingerprint density at radius 1 is 1.05 bits per heavy atom. The van der Waals surface area contributed by atoms with Gasteiger partial charge in [0, 0.05) is 27.5 Å². The number of nitrogens with two attached hydrogens (primary N) is 1. The number of benzene rings is 2. The van der Waals surface area contributed by atoms with Crippen LogP contribution in [0.2, 0.25) is 0 Å². The minimum absolute atomic E-state index is 0.232. The standard InChI is InChI=1S/C15H9Br2FN2O/c16-10-3-1-2-9-8(10)4-5-20-15(9)21-14-7-12(18)11(17)6-13(14)19/h1-7H,19H2. The van der Waals surface area contributed by atoms with Gasteiger partial charge in [-0.2, -0.15) is 0 Å². The normalized spacial score (nSPS) is 10.8. The van der Waals surface area contributed by atoms with Crippen molar-refractivity contribution in [2.24, 2.45) is 0 Å². The number of halogens is 3. The molecular formula is C15H9Br2FN2O. The summed E-state index contributed by atoms with van der Waals surface area (Å²) >= 11 is 6.56. The van der Waals surface area contributed by atoms with Crippen LogP contribution >= 0.6 is 31.9 Å². The van der Waals surface area contributed by atoms with Crippen molar-refractivity contribution in [1.82, 2.24) is 4.98 Å². The highest BCUT2D eigenvalue weighted by molar-refractivity contribution is 9.11. The van der Waals surface area contributed by atoms with E-state index in [1.807, 2.05) is 24.3 Å². The van der Waals surface area contributed by atoms with E-state index in [1.165, 1.54) is 12.1 Å². The zero-order valence-electron chi connectivity index (χ0n) is 10.6. The van der Waals surface area contributed by atoms with E-state index in [0.717, 1.165) is 15.2 Å². The van der Waals surface area contributed by atoms with Crippen LogP contribution in [0, 0.1) is 5.82 Å². The highest BCUT2D eigenvalue weighted by Crippen LogP contribution is 2.35. The predicted molar refractivity (Wildman–Crippen MR) is 88.0 cm³/mol. The summed E-state index contributed by atoms with van der Waals surface area (Å²) in [6.45, 7) is 0. The SMILES string of the molecule is Nc1cc(Br)c(F)cc1Oc1nccc2c(Br)cccc12. The molecule has 2 N–H and O–H groups in total. The average molecular weight is 412 g/mol. The van der Waals surface area contributed by atoms with Crippen LogP contribution in [0.5, 0.6) is 11.6 Å². The zero-order valence-corrected chi connectivity index (χ0v) is 13.8. The summed E-state index contributed by atoms with van der Waals surface area (Å²) in [6.07, 6.45) is 1.63. The Hall–Kier alpha value is -1.66. The van der Waals surface area contributed by atoms with Crippen LogP contribution in [0.1, 0.15) is 0 Å². The number of nitrogens with zero attached hydrogens (tertiary/aromatic N) is 1. The van der Waals surface area contributed by atoms with Gasteiger partial charge in [-0.25, -0.2) is 9.37 Å². The molecule has 0 saturated carbocycles. The van der Waals surface area contributed by atoms with E-state index in [4.69, 9.17) is 10.5 Å². The summed E-state index contributed by atoms with van der Waals surface area (Å²) in [5.74, 6) is 0.165. The van der Waals surface area contributed by atoms with E-state index in [1.54, 1.807) is 6.20 Å². The highest BCUT2D eigenvalue weighted by atomic mass is 79.9. The van der Waals surface area contributed by atoms with Crippen LogP contribution in [0.4, 0.5) is 10.1 Å². The summed E-state index contributed by atoms with van der Waals surface area (Å²) in [5, 5.41) is 1.77. The Morgan fingerprint density at radius 3 is 2.67 bits per heavy atom. The monoisotopic (exact) mass is 410 g/mol. The number of pyridine rings is 1.